The van der Waals surface area contributed by atoms with Crippen molar-refractivity contribution in [2.75, 3.05) is 37.1 Å². The van der Waals surface area contributed by atoms with Gasteiger partial charge in [0.2, 0.25) is 0 Å². The number of aryl methyl sites for hydroxylation is 2. The number of aromatic nitrogens is 4. The van der Waals surface area contributed by atoms with Gasteiger partial charge in [-0.25, -0.2) is 9.97 Å². The Kier molecular flexibility index (Phi) is 8.10. The van der Waals surface area contributed by atoms with Crippen LogP contribution in [0.1, 0.15) is 45.7 Å². The molecule has 9 nitrogen and oxygen atoms in total. The van der Waals surface area contributed by atoms with Gasteiger partial charge in [0, 0.05) is 42.2 Å². The predicted molar refractivity (Wildman–Crippen MR) is 149 cm³/mol. The summed E-state index contributed by atoms with van der Waals surface area (Å²) in [5.74, 6) is 1.16. The van der Waals surface area contributed by atoms with Gasteiger partial charge in [-0.1, -0.05) is 6.07 Å². The molecular formula is C28H31F3N8O. The van der Waals surface area contributed by atoms with Gasteiger partial charge in [-0.3, -0.25) is 4.79 Å². The minimum atomic E-state index is -4.59. The van der Waals surface area contributed by atoms with Gasteiger partial charge in [-0.2, -0.15) is 23.0 Å². The van der Waals surface area contributed by atoms with Gasteiger partial charge in [0.15, 0.2) is 5.82 Å². The molecule has 1 amide bonds. The average Bonchev–Trinajstić information content (AvgIpc) is 3.29. The van der Waals surface area contributed by atoms with Crippen LogP contribution in [0.25, 0.3) is 5.82 Å². The fraction of sp³-hybridized carbons (Fsp3) is 0.286. The maximum Gasteiger partial charge on any atom is 0.416 e. The standard InChI is InChI=1S/C28H31F3N8O/c1-16-7-8-22(35-27(40)20-10-19(18(3)38(5)6)11-21(12-20)28(29,30)31)13-23(16)36-26-9-17(2)37-39(26)25-14-24(32-4)33-15-34-25/h7-15,18,36H,1-6H3,(H,35,40)(H,32,33,34)/t18-/m1/s1. The van der Waals surface area contributed by atoms with Gasteiger partial charge in [0.1, 0.15) is 18.0 Å². The highest BCUT2D eigenvalue weighted by molar-refractivity contribution is 6.04. The zero-order valence-corrected chi connectivity index (χ0v) is 23.1. The van der Waals surface area contributed by atoms with Crippen molar-refractivity contribution in [3.63, 3.8) is 0 Å². The number of rotatable bonds is 8. The van der Waals surface area contributed by atoms with E-state index in [2.05, 4.69) is 31.0 Å². The third kappa shape index (κ3) is 6.40. The molecule has 0 aliphatic carbocycles. The lowest BCUT2D eigenvalue weighted by Gasteiger charge is -2.22. The van der Waals surface area contributed by atoms with Crippen molar-refractivity contribution in [1.82, 2.24) is 24.6 Å². The van der Waals surface area contributed by atoms with Crippen LogP contribution in [0.4, 0.5) is 36.2 Å². The van der Waals surface area contributed by atoms with Crippen LogP contribution in [0.3, 0.4) is 0 Å². The van der Waals surface area contributed by atoms with Gasteiger partial charge in [-0.15, -0.1) is 0 Å². The van der Waals surface area contributed by atoms with Crippen LogP contribution in [0.5, 0.6) is 0 Å². The lowest BCUT2D eigenvalue weighted by atomic mass is 9.99. The maximum absolute atomic E-state index is 13.6. The summed E-state index contributed by atoms with van der Waals surface area (Å²) < 4.78 is 42.5. The molecular weight excluding hydrogens is 521 g/mol. The quantitative estimate of drug-likeness (QED) is 0.248. The van der Waals surface area contributed by atoms with Gasteiger partial charge in [0.05, 0.1) is 11.3 Å². The SMILES string of the molecule is CNc1cc(-n2nc(C)cc2Nc2cc(NC(=O)c3cc([C@@H](C)N(C)C)cc(C(F)(F)F)c3)ccc2C)ncn1. The molecule has 12 heteroatoms. The third-order valence-corrected chi connectivity index (χ3v) is 6.52. The van der Waals surface area contributed by atoms with Crippen molar-refractivity contribution in [3.8, 4) is 5.82 Å². The van der Waals surface area contributed by atoms with E-state index in [0.29, 0.717) is 34.4 Å². The monoisotopic (exact) mass is 552 g/mol. The number of benzene rings is 2. The van der Waals surface area contributed by atoms with E-state index in [1.165, 1.54) is 12.4 Å². The Balaban J connectivity index is 1.63. The van der Waals surface area contributed by atoms with E-state index in [9.17, 15) is 18.0 Å². The number of amides is 1. The third-order valence-electron chi connectivity index (χ3n) is 6.52. The highest BCUT2D eigenvalue weighted by Gasteiger charge is 2.32. The van der Waals surface area contributed by atoms with E-state index in [4.69, 9.17) is 0 Å². The molecule has 0 radical (unpaired) electrons. The smallest absolute Gasteiger partial charge is 0.373 e. The van der Waals surface area contributed by atoms with E-state index in [1.807, 2.05) is 19.9 Å². The molecule has 4 rings (SSSR count). The Bertz CT molecular complexity index is 1530. The molecule has 2 aromatic heterocycles. The molecule has 0 saturated heterocycles. The molecule has 0 aliphatic rings. The maximum atomic E-state index is 13.6. The number of hydrogen-bond acceptors (Lipinski definition) is 7. The molecule has 1 atom stereocenters. The molecule has 2 heterocycles. The van der Waals surface area contributed by atoms with Gasteiger partial charge in [0.25, 0.3) is 5.91 Å². The lowest BCUT2D eigenvalue weighted by Crippen LogP contribution is -2.20. The van der Waals surface area contributed by atoms with Crippen molar-refractivity contribution in [3.05, 3.63) is 82.8 Å². The minimum absolute atomic E-state index is 0.0774. The van der Waals surface area contributed by atoms with Crippen LogP contribution < -0.4 is 16.0 Å². The summed E-state index contributed by atoms with van der Waals surface area (Å²) >= 11 is 0. The number of alkyl halides is 3. The number of carbonyl (C=O) groups is 1. The number of halogens is 3. The molecule has 0 bridgehead atoms. The van der Waals surface area contributed by atoms with E-state index in [0.717, 1.165) is 23.4 Å². The summed E-state index contributed by atoms with van der Waals surface area (Å²) in [5.41, 5.74) is 2.17. The number of hydrogen-bond donors (Lipinski definition) is 3. The Labute approximate surface area is 230 Å². The molecule has 0 aliphatic heterocycles. The van der Waals surface area contributed by atoms with Crippen LogP contribution >= 0.6 is 0 Å². The lowest BCUT2D eigenvalue weighted by molar-refractivity contribution is -0.137. The molecule has 3 N–H and O–H groups in total. The zero-order valence-electron chi connectivity index (χ0n) is 23.1. The number of nitrogens with one attached hydrogen (secondary N) is 3. The van der Waals surface area contributed by atoms with E-state index >= 15 is 0 Å². The topological polar surface area (TPSA) is 100 Å². The molecule has 0 fully saturated rings. The Morgan fingerprint density at radius 2 is 1.77 bits per heavy atom. The second kappa shape index (κ2) is 11.3. The largest absolute Gasteiger partial charge is 0.416 e. The molecule has 40 heavy (non-hydrogen) atoms. The van der Waals surface area contributed by atoms with Crippen LogP contribution in [-0.2, 0) is 6.18 Å². The Hall–Kier alpha value is -4.45. The highest BCUT2D eigenvalue weighted by Crippen LogP contribution is 2.33. The summed E-state index contributed by atoms with van der Waals surface area (Å²) in [6.45, 7) is 5.53. The summed E-state index contributed by atoms with van der Waals surface area (Å²) in [4.78, 5) is 23.4. The summed E-state index contributed by atoms with van der Waals surface area (Å²) in [7, 11) is 5.29. The molecule has 0 spiro atoms. The number of nitrogens with zero attached hydrogens (tertiary/aromatic N) is 5. The van der Waals surface area contributed by atoms with E-state index < -0.39 is 17.6 Å². The summed E-state index contributed by atoms with van der Waals surface area (Å²) in [5, 5.41) is 13.6. The van der Waals surface area contributed by atoms with Crippen LogP contribution in [0, 0.1) is 13.8 Å². The first-order valence-electron chi connectivity index (χ1n) is 12.5. The van der Waals surface area contributed by atoms with Crippen LogP contribution in [0.2, 0.25) is 0 Å². The van der Waals surface area contributed by atoms with E-state index in [1.54, 1.807) is 61.9 Å². The van der Waals surface area contributed by atoms with E-state index in [-0.39, 0.29) is 11.6 Å². The fourth-order valence-electron chi connectivity index (χ4n) is 4.02. The summed E-state index contributed by atoms with van der Waals surface area (Å²) in [6, 6.07) is 11.9. The second-order valence-electron chi connectivity index (χ2n) is 9.68. The first-order chi connectivity index (χ1) is 18.8. The molecule has 2 aromatic carbocycles. The molecule has 210 valence electrons. The van der Waals surface area contributed by atoms with Crippen LogP contribution in [-0.4, -0.2) is 51.7 Å². The van der Waals surface area contributed by atoms with Crippen molar-refractivity contribution < 1.29 is 18.0 Å². The highest BCUT2D eigenvalue weighted by atomic mass is 19.4. The zero-order chi connectivity index (χ0) is 29.2. The Morgan fingerprint density at radius 3 is 2.45 bits per heavy atom. The average molecular weight is 553 g/mol. The van der Waals surface area contributed by atoms with Crippen molar-refractivity contribution in [2.24, 2.45) is 0 Å². The number of carbonyl (C=O) groups excluding carboxylic acids is 1. The fourth-order valence-corrected chi connectivity index (χ4v) is 4.02. The predicted octanol–water partition coefficient (Wildman–Crippen LogP) is 5.96. The molecule has 0 unspecified atom stereocenters. The minimum Gasteiger partial charge on any atom is -0.373 e. The van der Waals surface area contributed by atoms with Gasteiger partial charge >= 0.3 is 6.18 Å². The first-order valence-corrected chi connectivity index (χ1v) is 12.5. The van der Waals surface area contributed by atoms with Crippen molar-refractivity contribution in [1.29, 1.82) is 0 Å². The van der Waals surface area contributed by atoms with Gasteiger partial charge < -0.3 is 20.9 Å². The normalized spacial score (nSPS) is 12.3. The van der Waals surface area contributed by atoms with Crippen molar-refractivity contribution in [2.45, 2.75) is 33.0 Å². The van der Waals surface area contributed by atoms with Crippen molar-refractivity contribution >= 4 is 28.9 Å². The first kappa shape index (κ1) is 28.6. The summed E-state index contributed by atoms with van der Waals surface area (Å²) in [6.07, 6.45) is -3.15. The number of anilines is 4. The van der Waals surface area contributed by atoms with Crippen LogP contribution in [0.15, 0.2) is 54.9 Å². The molecule has 0 saturated carbocycles. The second-order valence-corrected chi connectivity index (χ2v) is 9.68. The van der Waals surface area contributed by atoms with Gasteiger partial charge in [-0.05, 0) is 76.3 Å². The molecule has 4 aromatic rings. The Morgan fingerprint density at radius 1 is 1.02 bits per heavy atom.